The van der Waals surface area contributed by atoms with E-state index in [0.717, 1.165) is 29.3 Å². The number of nitrogens with zero attached hydrogens (tertiary/aromatic N) is 2. The molecule has 1 aromatic carbocycles. The van der Waals surface area contributed by atoms with Crippen LogP contribution in [0.25, 0.3) is 0 Å². The van der Waals surface area contributed by atoms with Gasteiger partial charge in [-0.15, -0.1) is 0 Å². The molecule has 2 aliphatic rings. The molecule has 1 aliphatic heterocycles. The third-order valence-electron chi connectivity index (χ3n) is 6.56. The monoisotopic (exact) mass is 461 g/mol. The molecule has 1 saturated carbocycles. The first-order valence-corrected chi connectivity index (χ1v) is 12.1. The predicted octanol–water partition coefficient (Wildman–Crippen LogP) is 2.95. The van der Waals surface area contributed by atoms with E-state index < -0.39 is 26.7 Å². The van der Waals surface area contributed by atoms with Crippen LogP contribution in [0.1, 0.15) is 38.7 Å². The highest BCUT2D eigenvalue weighted by atomic mass is 32.2. The number of benzene rings is 1. The molecule has 6 nitrogen and oxygen atoms in total. The van der Waals surface area contributed by atoms with Crippen molar-refractivity contribution in [3.8, 4) is 0 Å². The van der Waals surface area contributed by atoms with Gasteiger partial charge in [-0.3, -0.25) is 9.69 Å². The first-order valence-electron chi connectivity index (χ1n) is 10.7. The van der Waals surface area contributed by atoms with Crippen molar-refractivity contribution in [1.82, 2.24) is 14.5 Å². The van der Waals surface area contributed by atoms with E-state index in [1.54, 1.807) is 0 Å². The largest absolute Gasteiger partial charge is 0.417 e. The molecule has 0 radical (unpaired) electrons. The smallest absolute Gasteiger partial charge is 0.352 e. The van der Waals surface area contributed by atoms with Crippen LogP contribution in [0.4, 0.5) is 13.2 Å². The van der Waals surface area contributed by atoms with Gasteiger partial charge in [-0.05, 0) is 30.4 Å². The summed E-state index contributed by atoms with van der Waals surface area (Å²) in [6, 6.07) is 4.38. The molecule has 1 heterocycles. The van der Waals surface area contributed by atoms with Crippen LogP contribution >= 0.6 is 0 Å². The lowest BCUT2D eigenvalue weighted by molar-refractivity contribution is -0.140. The molecule has 1 amide bonds. The lowest BCUT2D eigenvalue weighted by Crippen LogP contribution is -2.53. The normalized spacial score (nSPS) is 26.5. The van der Waals surface area contributed by atoms with E-state index in [9.17, 15) is 26.4 Å². The number of halogens is 3. The molecule has 31 heavy (non-hydrogen) atoms. The van der Waals surface area contributed by atoms with Gasteiger partial charge < -0.3 is 5.32 Å². The molecule has 1 aliphatic carbocycles. The molecule has 0 spiro atoms. The van der Waals surface area contributed by atoms with E-state index in [1.807, 2.05) is 4.90 Å². The van der Waals surface area contributed by atoms with Crippen molar-refractivity contribution in [2.75, 3.05) is 32.7 Å². The van der Waals surface area contributed by atoms with Crippen LogP contribution in [-0.2, 0) is 21.0 Å². The highest BCUT2D eigenvalue weighted by molar-refractivity contribution is 7.89. The van der Waals surface area contributed by atoms with Gasteiger partial charge in [0.2, 0.25) is 15.9 Å². The van der Waals surface area contributed by atoms with Crippen molar-refractivity contribution in [3.05, 3.63) is 29.8 Å². The highest BCUT2D eigenvalue weighted by Crippen LogP contribution is 2.35. The summed E-state index contributed by atoms with van der Waals surface area (Å²) in [5, 5.41) is 3.10. The maximum Gasteiger partial charge on any atom is 0.417 e. The number of alkyl halides is 3. The average molecular weight is 462 g/mol. The van der Waals surface area contributed by atoms with Crippen LogP contribution in [0.15, 0.2) is 29.2 Å². The fourth-order valence-corrected chi connectivity index (χ4v) is 6.07. The summed E-state index contributed by atoms with van der Waals surface area (Å²) >= 11 is 0. The Labute approximate surface area is 181 Å². The molecule has 1 N–H and O–H groups in total. The van der Waals surface area contributed by atoms with Crippen LogP contribution in [0.2, 0.25) is 0 Å². The number of rotatable bonds is 5. The molecule has 3 rings (SSSR count). The first-order chi connectivity index (χ1) is 14.5. The molecule has 0 bridgehead atoms. The number of hydrogen-bond donors (Lipinski definition) is 1. The van der Waals surface area contributed by atoms with Crippen molar-refractivity contribution in [3.63, 3.8) is 0 Å². The van der Waals surface area contributed by atoms with Gasteiger partial charge in [-0.2, -0.15) is 17.5 Å². The van der Waals surface area contributed by atoms with Gasteiger partial charge in [-0.25, -0.2) is 8.42 Å². The minimum absolute atomic E-state index is 0.0403. The number of piperazine rings is 1. The van der Waals surface area contributed by atoms with E-state index in [2.05, 4.69) is 19.2 Å². The Morgan fingerprint density at radius 1 is 1.10 bits per heavy atom. The number of nitrogens with one attached hydrogen (secondary N) is 1. The SMILES string of the molecule is C[C@H]1[C@H](C)CCC[C@@H]1NC(=O)CN1CCN(S(=O)(=O)c2ccccc2C(F)(F)F)CC1. The van der Waals surface area contributed by atoms with Gasteiger partial charge in [0.15, 0.2) is 0 Å². The quantitative estimate of drug-likeness (QED) is 0.732. The fraction of sp³-hybridized carbons (Fsp3) is 0.667. The van der Waals surface area contributed by atoms with Gasteiger partial charge in [0.1, 0.15) is 0 Å². The average Bonchev–Trinajstić information content (AvgIpc) is 2.71. The van der Waals surface area contributed by atoms with E-state index in [1.165, 1.54) is 18.6 Å². The second-order valence-electron chi connectivity index (χ2n) is 8.62. The number of carbonyl (C=O) groups is 1. The second kappa shape index (κ2) is 9.46. The molecule has 174 valence electrons. The molecule has 0 aromatic heterocycles. The van der Waals surface area contributed by atoms with Gasteiger partial charge >= 0.3 is 6.18 Å². The van der Waals surface area contributed by atoms with Gasteiger partial charge in [0, 0.05) is 32.2 Å². The van der Waals surface area contributed by atoms with Crippen LogP contribution in [-0.4, -0.2) is 62.3 Å². The summed E-state index contributed by atoms with van der Waals surface area (Å²) in [6.07, 6.45) is -1.53. The number of amides is 1. The number of carbonyl (C=O) groups excluding carboxylic acids is 1. The first kappa shape index (κ1) is 24.0. The zero-order valence-electron chi connectivity index (χ0n) is 17.9. The summed E-state index contributed by atoms with van der Waals surface area (Å²) in [4.78, 5) is 13.6. The minimum atomic E-state index is -4.75. The molecule has 10 heteroatoms. The van der Waals surface area contributed by atoms with Crippen molar-refractivity contribution in [1.29, 1.82) is 0 Å². The Hall–Kier alpha value is -1.65. The third-order valence-corrected chi connectivity index (χ3v) is 8.52. The second-order valence-corrected chi connectivity index (χ2v) is 10.5. The topological polar surface area (TPSA) is 69.7 Å². The van der Waals surface area contributed by atoms with Crippen LogP contribution in [0, 0.1) is 11.8 Å². The van der Waals surface area contributed by atoms with Crippen molar-refractivity contribution >= 4 is 15.9 Å². The minimum Gasteiger partial charge on any atom is -0.352 e. The Kier molecular flexibility index (Phi) is 7.32. The van der Waals surface area contributed by atoms with Gasteiger partial charge in [-0.1, -0.05) is 38.8 Å². The maximum absolute atomic E-state index is 13.3. The summed E-state index contributed by atoms with van der Waals surface area (Å²) in [7, 11) is -4.28. The van der Waals surface area contributed by atoms with Gasteiger partial charge in [0.25, 0.3) is 0 Å². The van der Waals surface area contributed by atoms with Crippen molar-refractivity contribution in [2.45, 2.75) is 50.2 Å². The molecule has 3 atom stereocenters. The zero-order valence-corrected chi connectivity index (χ0v) is 18.7. The van der Waals surface area contributed by atoms with E-state index in [-0.39, 0.29) is 44.7 Å². The summed E-state index contributed by atoms with van der Waals surface area (Å²) in [5.41, 5.74) is -1.16. The molecule has 1 aromatic rings. The Bertz CT molecular complexity index is 883. The Morgan fingerprint density at radius 2 is 1.74 bits per heavy atom. The summed E-state index contributed by atoms with van der Waals surface area (Å²) < 4.78 is 66.5. The van der Waals surface area contributed by atoms with Crippen molar-refractivity contribution in [2.24, 2.45) is 11.8 Å². The van der Waals surface area contributed by atoms with E-state index in [4.69, 9.17) is 0 Å². The van der Waals surface area contributed by atoms with Crippen LogP contribution in [0.5, 0.6) is 0 Å². The zero-order chi connectivity index (χ0) is 22.8. The maximum atomic E-state index is 13.3. The Balaban J connectivity index is 1.58. The summed E-state index contributed by atoms with van der Waals surface area (Å²) in [5.74, 6) is 0.880. The molecule has 0 unspecified atom stereocenters. The van der Waals surface area contributed by atoms with E-state index in [0.29, 0.717) is 11.8 Å². The predicted molar refractivity (Wildman–Crippen MR) is 111 cm³/mol. The summed E-state index contributed by atoms with van der Waals surface area (Å²) in [6.45, 7) is 5.16. The lowest BCUT2D eigenvalue weighted by Gasteiger charge is -2.36. The van der Waals surface area contributed by atoms with Crippen LogP contribution < -0.4 is 5.32 Å². The lowest BCUT2D eigenvalue weighted by atomic mass is 9.78. The molecule has 2 fully saturated rings. The fourth-order valence-electron chi connectivity index (χ4n) is 4.43. The van der Waals surface area contributed by atoms with Gasteiger partial charge in [0.05, 0.1) is 17.0 Å². The number of sulfonamides is 1. The van der Waals surface area contributed by atoms with Crippen molar-refractivity contribution < 1.29 is 26.4 Å². The molecular weight excluding hydrogens is 431 g/mol. The standard InChI is InChI=1S/C21H30F3N3O3S/c1-15-6-5-8-18(16(15)2)25-20(28)14-26-10-12-27(13-11-26)31(29,30)19-9-4-3-7-17(19)21(22,23)24/h3-4,7,9,15-16,18H,5-6,8,10-14H2,1-2H3,(H,25,28)/t15-,16+,18+/m1/s1. The molecule has 1 saturated heterocycles. The van der Waals surface area contributed by atoms with E-state index >= 15 is 0 Å². The third kappa shape index (κ3) is 5.59. The Morgan fingerprint density at radius 3 is 2.39 bits per heavy atom. The van der Waals surface area contributed by atoms with Crippen LogP contribution in [0.3, 0.4) is 0 Å². The molecular formula is C21H30F3N3O3S. The highest BCUT2D eigenvalue weighted by Gasteiger charge is 2.39. The number of hydrogen-bond acceptors (Lipinski definition) is 4.